The summed E-state index contributed by atoms with van der Waals surface area (Å²) >= 11 is 3.07. The largest absolute Gasteiger partial charge is 0.319 e. The van der Waals surface area contributed by atoms with E-state index >= 15 is 0 Å². The Balaban J connectivity index is 2.25. The Morgan fingerprint density at radius 1 is 1.28 bits per heavy atom. The molecule has 2 aromatic rings. The summed E-state index contributed by atoms with van der Waals surface area (Å²) in [7, 11) is 0. The summed E-state index contributed by atoms with van der Waals surface area (Å²) in [6.07, 6.45) is 2.35. The van der Waals surface area contributed by atoms with Gasteiger partial charge in [0, 0.05) is 10.7 Å². The number of benzene rings is 1. The van der Waals surface area contributed by atoms with Gasteiger partial charge in [-0.25, -0.2) is 8.78 Å². The molecular weight excluding hydrogens is 306 g/mol. The Labute approximate surface area is 110 Å². The molecule has 0 saturated carbocycles. The summed E-state index contributed by atoms with van der Waals surface area (Å²) in [6, 6.07) is 4.97. The van der Waals surface area contributed by atoms with Crippen molar-refractivity contribution in [2.45, 2.75) is 0 Å². The standard InChI is InChI=1S/C12H7BrF2N2O/c13-9-5-7(14)1-2-8(9)12(18)17-11-3-4-16-6-10(11)15/h1-6H,(H,16,17,18). The van der Waals surface area contributed by atoms with Crippen LogP contribution in [-0.2, 0) is 0 Å². The molecule has 18 heavy (non-hydrogen) atoms. The van der Waals surface area contributed by atoms with Gasteiger partial charge in [0.25, 0.3) is 5.91 Å². The lowest BCUT2D eigenvalue weighted by molar-refractivity contribution is 0.102. The quantitative estimate of drug-likeness (QED) is 0.923. The van der Waals surface area contributed by atoms with Crippen LogP contribution in [0.25, 0.3) is 0 Å². The van der Waals surface area contributed by atoms with E-state index in [1.807, 2.05) is 0 Å². The Morgan fingerprint density at radius 2 is 2.06 bits per heavy atom. The molecule has 0 aliphatic rings. The van der Waals surface area contributed by atoms with E-state index in [-0.39, 0.29) is 11.3 Å². The number of halogens is 3. The van der Waals surface area contributed by atoms with Crippen LogP contribution in [0.2, 0.25) is 0 Å². The lowest BCUT2D eigenvalue weighted by atomic mass is 10.2. The summed E-state index contributed by atoms with van der Waals surface area (Å²) in [4.78, 5) is 15.4. The number of amides is 1. The van der Waals surface area contributed by atoms with Crippen LogP contribution in [0.4, 0.5) is 14.5 Å². The number of carbonyl (C=O) groups excluding carboxylic acids is 1. The first-order valence-corrected chi connectivity index (χ1v) is 5.73. The minimum atomic E-state index is -0.635. The lowest BCUT2D eigenvalue weighted by Crippen LogP contribution is -2.13. The Bertz CT molecular complexity index is 604. The topological polar surface area (TPSA) is 42.0 Å². The van der Waals surface area contributed by atoms with Gasteiger partial charge in [-0.05, 0) is 40.2 Å². The van der Waals surface area contributed by atoms with Gasteiger partial charge in [-0.3, -0.25) is 9.78 Å². The molecule has 0 fully saturated rings. The first-order chi connectivity index (χ1) is 8.58. The third-order valence-electron chi connectivity index (χ3n) is 2.20. The average molecular weight is 313 g/mol. The summed E-state index contributed by atoms with van der Waals surface area (Å²) in [5.41, 5.74) is 0.235. The molecule has 0 radical (unpaired) electrons. The van der Waals surface area contributed by atoms with Gasteiger partial charge in [0.2, 0.25) is 0 Å². The molecule has 0 saturated heterocycles. The molecule has 1 aromatic carbocycles. The number of rotatable bonds is 2. The van der Waals surface area contributed by atoms with Crippen molar-refractivity contribution in [2.24, 2.45) is 0 Å². The maximum atomic E-state index is 13.3. The zero-order valence-electron chi connectivity index (χ0n) is 8.95. The molecule has 0 unspecified atom stereocenters. The molecule has 92 valence electrons. The van der Waals surface area contributed by atoms with Crippen molar-refractivity contribution < 1.29 is 13.6 Å². The number of aromatic nitrogens is 1. The highest BCUT2D eigenvalue weighted by Gasteiger charge is 2.12. The monoisotopic (exact) mass is 312 g/mol. The molecule has 6 heteroatoms. The van der Waals surface area contributed by atoms with Crippen molar-refractivity contribution in [2.75, 3.05) is 5.32 Å². The summed E-state index contributed by atoms with van der Waals surface area (Å²) in [5, 5.41) is 2.38. The van der Waals surface area contributed by atoms with Crippen molar-refractivity contribution in [3.63, 3.8) is 0 Å². The molecule has 1 heterocycles. The SMILES string of the molecule is O=C(Nc1ccncc1F)c1ccc(F)cc1Br. The van der Waals surface area contributed by atoms with E-state index in [2.05, 4.69) is 26.2 Å². The van der Waals surface area contributed by atoms with E-state index in [9.17, 15) is 13.6 Å². The number of hydrogen-bond donors (Lipinski definition) is 1. The fourth-order valence-electron chi connectivity index (χ4n) is 1.34. The number of hydrogen-bond acceptors (Lipinski definition) is 2. The third-order valence-corrected chi connectivity index (χ3v) is 2.85. The van der Waals surface area contributed by atoms with Gasteiger partial charge in [-0.15, -0.1) is 0 Å². The van der Waals surface area contributed by atoms with Gasteiger partial charge >= 0.3 is 0 Å². The van der Waals surface area contributed by atoms with Crippen molar-refractivity contribution in [3.8, 4) is 0 Å². The Kier molecular flexibility index (Phi) is 3.66. The van der Waals surface area contributed by atoms with Gasteiger partial charge in [-0.2, -0.15) is 0 Å². The molecule has 0 bridgehead atoms. The number of anilines is 1. The Hall–Kier alpha value is -1.82. The molecule has 0 aliphatic heterocycles. The van der Waals surface area contributed by atoms with E-state index in [4.69, 9.17) is 0 Å². The zero-order valence-corrected chi connectivity index (χ0v) is 10.5. The molecule has 1 N–H and O–H groups in total. The van der Waals surface area contributed by atoms with Crippen LogP contribution in [0.1, 0.15) is 10.4 Å². The van der Waals surface area contributed by atoms with E-state index in [0.717, 1.165) is 18.3 Å². The van der Waals surface area contributed by atoms with Crippen LogP contribution in [0.15, 0.2) is 41.1 Å². The first kappa shape index (κ1) is 12.6. The predicted molar refractivity (Wildman–Crippen MR) is 66.2 cm³/mol. The van der Waals surface area contributed by atoms with Gasteiger partial charge in [0.15, 0.2) is 5.82 Å². The molecule has 1 aromatic heterocycles. The van der Waals surface area contributed by atoms with E-state index in [0.29, 0.717) is 4.47 Å². The second-order valence-corrected chi connectivity index (χ2v) is 4.29. The maximum Gasteiger partial charge on any atom is 0.256 e. The predicted octanol–water partition coefficient (Wildman–Crippen LogP) is 3.37. The lowest BCUT2D eigenvalue weighted by Gasteiger charge is -2.07. The average Bonchev–Trinajstić information content (AvgIpc) is 2.32. The van der Waals surface area contributed by atoms with Crippen LogP contribution in [0.3, 0.4) is 0 Å². The molecule has 0 aliphatic carbocycles. The van der Waals surface area contributed by atoms with Crippen molar-refractivity contribution in [1.29, 1.82) is 0 Å². The fraction of sp³-hybridized carbons (Fsp3) is 0. The second-order valence-electron chi connectivity index (χ2n) is 3.43. The van der Waals surface area contributed by atoms with Crippen molar-refractivity contribution >= 4 is 27.5 Å². The summed E-state index contributed by atoms with van der Waals surface area (Å²) in [6.45, 7) is 0. The highest BCUT2D eigenvalue weighted by molar-refractivity contribution is 9.10. The molecule has 0 atom stereocenters. The number of nitrogens with one attached hydrogen (secondary N) is 1. The number of carbonyl (C=O) groups is 1. The second kappa shape index (κ2) is 5.22. The third kappa shape index (κ3) is 2.70. The summed E-state index contributed by atoms with van der Waals surface area (Å²) < 4.78 is 26.5. The van der Waals surface area contributed by atoms with Gasteiger partial charge < -0.3 is 5.32 Å². The van der Waals surface area contributed by atoms with E-state index in [1.165, 1.54) is 18.3 Å². The summed E-state index contributed by atoms with van der Waals surface area (Å²) in [5.74, 6) is -1.63. The zero-order chi connectivity index (χ0) is 13.1. The first-order valence-electron chi connectivity index (χ1n) is 4.94. The molecule has 0 spiro atoms. The van der Waals surface area contributed by atoms with Crippen molar-refractivity contribution in [1.82, 2.24) is 4.98 Å². The van der Waals surface area contributed by atoms with Crippen molar-refractivity contribution in [3.05, 3.63) is 58.3 Å². The van der Waals surface area contributed by atoms with Gasteiger partial charge in [0.05, 0.1) is 17.4 Å². The van der Waals surface area contributed by atoms with E-state index in [1.54, 1.807) is 0 Å². The minimum absolute atomic E-state index is 0.0197. The number of pyridine rings is 1. The molecule has 1 amide bonds. The smallest absolute Gasteiger partial charge is 0.256 e. The van der Waals surface area contributed by atoms with Crippen LogP contribution < -0.4 is 5.32 Å². The van der Waals surface area contributed by atoms with E-state index < -0.39 is 17.5 Å². The molecular formula is C12H7BrF2N2O. The van der Waals surface area contributed by atoms with Crippen LogP contribution in [0, 0.1) is 11.6 Å². The molecule has 3 nitrogen and oxygen atoms in total. The van der Waals surface area contributed by atoms with Gasteiger partial charge in [0.1, 0.15) is 5.82 Å². The fourth-order valence-corrected chi connectivity index (χ4v) is 1.87. The van der Waals surface area contributed by atoms with Crippen LogP contribution in [-0.4, -0.2) is 10.9 Å². The minimum Gasteiger partial charge on any atom is -0.319 e. The normalized spacial score (nSPS) is 10.2. The Morgan fingerprint density at radius 3 is 2.72 bits per heavy atom. The molecule has 2 rings (SSSR count). The highest BCUT2D eigenvalue weighted by atomic mass is 79.9. The van der Waals surface area contributed by atoms with Gasteiger partial charge in [-0.1, -0.05) is 0 Å². The van der Waals surface area contributed by atoms with Crippen LogP contribution in [0.5, 0.6) is 0 Å². The number of nitrogens with zero attached hydrogens (tertiary/aromatic N) is 1. The maximum absolute atomic E-state index is 13.3. The van der Waals surface area contributed by atoms with Crippen LogP contribution >= 0.6 is 15.9 Å². The highest BCUT2D eigenvalue weighted by Crippen LogP contribution is 2.20.